The van der Waals surface area contributed by atoms with E-state index in [1.165, 1.54) is 0 Å². The molecule has 0 fully saturated rings. The Kier molecular flexibility index (Phi) is 7.30. The second-order valence-corrected chi connectivity index (χ2v) is 4.72. The molecule has 1 amide bonds. The molecule has 106 valence electrons. The maximum atomic E-state index is 11.9. The lowest BCUT2D eigenvalue weighted by Gasteiger charge is -2.08. The first kappa shape index (κ1) is 15.8. The minimum Gasteiger partial charge on any atom is -0.399 e. The molecule has 0 aliphatic rings. The molecular formula is C14H21ClN2O2. The number of rotatable bonds is 8. The van der Waals surface area contributed by atoms with Gasteiger partial charge >= 0.3 is 0 Å². The predicted molar refractivity (Wildman–Crippen MR) is 78.5 cm³/mol. The van der Waals surface area contributed by atoms with Gasteiger partial charge in [-0.05, 0) is 31.0 Å². The number of nitrogens with two attached hydrogens (primary N) is 1. The van der Waals surface area contributed by atoms with Crippen LogP contribution in [0.2, 0.25) is 5.02 Å². The zero-order valence-electron chi connectivity index (χ0n) is 11.2. The number of unbranched alkanes of at least 4 members (excludes halogenated alkanes) is 1. The van der Waals surface area contributed by atoms with E-state index in [4.69, 9.17) is 22.1 Å². The van der Waals surface area contributed by atoms with Gasteiger partial charge in [-0.3, -0.25) is 4.79 Å². The van der Waals surface area contributed by atoms with Gasteiger partial charge in [0.15, 0.2) is 0 Å². The summed E-state index contributed by atoms with van der Waals surface area (Å²) < 4.78 is 5.41. The fourth-order valence-electron chi connectivity index (χ4n) is 1.54. The van der Waals surface area contributed by atoms with Gasteiger partial charge in [0.2, 0.25) is 0 Å². The summed E-state index contributed by atoms with van der Waals surface area (Å²) in [6, 6.07) is 4.87. The summed E-state index contributed by atoms with van der Waals surface area (Å²) in [6.45, 7) is 4.13. The highest BCUT2D eigenvalue weighted by molar-refractivity contribution is 6.34. The standard InChI is InChI=1S/C14H21ClN2O2/c1-2-3-8-19-9-4-7-17-14(18)12-10-11(16)5-6-13(12)15/h5-6,10H,2-4,7-9,16H2,1H3,(H,17,18). The lowest BCUT2D eigenvalue weighted by Crippen LogP contribution is -2.25. The predicted octanol–water partition coefficient (Wildman–Crippen LogP) is 2.86. The lowest BCUT2D eigenvalue weighted by molar-refractivity contribution is 0.0940. The fourth-order valence-corrected chi connectivity index (χ4v) is 1.74. The van der Waals surface area contributed by atoms with Crippen molar-refractivity contribution in [3.05, 3.63) is 28.8 Å². The van der Waals surface area contributed by atoms with Gasteiger partial charge < -0.3 is 15.8 Å². The molecule has 0 heterocycles. The monoisotopic (exact) mass is 284 g/mol. The third-order valence-corrected chi connectivity index (χ3v) is 2.96. The van der Waals surface area contributed by atoms with Crippen LogP contribution in [0, 0.1) is 0 Å². The van der Waals surface area contributed by atoms with Crippen molar-refractivity contribution in [3.63, 3.8) is 0 Å². The van der Waals surface area contributed by atoms with Gasteiger partial charge in [-0.15, -0.1) is 0 Å². The molecule has 1 aromatic carbocycles. The molecule has 0 unspecified atom stereocenters. The summed E-state index contributed by atoms with van der Waals surface area (Å²) in [7, 11) is 0. The molecule has 0 aliphatic carbocycles. The first-order valence-corrected chi connectivity index (χ1v) is 6.94. The molecule has 19 heavy (non-hydrogen) atoms. The van der Waals surface area contributed by atoms with Crippen molar-refractivity contribution in [1.82, 2.24) is 5.32 Å². The molecule has 0 radical (unpaired) electrons. The minimum absolute atomic E-state index is 0.203. The molecular weight excluding hydrogens is 264 g/mol. The summed E-state index contributed by atoms with van der Waals surface area (Å²) in [5, 5.41) is 3.21. The number of carbonyl (C=O) groups excluding carboxylic acids is 1. The Bertz CT molecular complexity index is 410. The van der Waals surface area contributed by atoms with Crippen molar-refractivity contribution in [2.24, 2.45) is 0 Å². The summed E-state index contributed by atoms with van der Waals surface area (Å²) in [5.74, 6) is -0.203. The number of anilines is 1. The summed E-state index contributed by atoms with van der Waals surface area (Å²) in [4.78, 5) is 11.9. The molecule has 0 spiro atoms. The van der Waals surface area contributed by atoms with Crippen molar-refractivity contribution in [3.8, 4) is 0 Å². The Balaban J connectivity index is 2.26. The number of carbonyl (C=O) groups is 1. The van der Waals surface area contributed by atoms with Crippen LogP contribution >= 0.6 is 11.6 Å². The van der Waals surface area contributed by atoms with Gasteiger partial charge in [0.05, 0.1) is 10.6 Å². The number of nitrogens with one attached hydrogen (secondary N) is 1. The molecule has 0 bridgehead atoms. The number of amides is 1. The average Bonchev–Trinajstić information content (AvgIpc) is 2.40. The zero-order chi connectivity index (χ0) is 14.1. The maximum Gasteiger partial charge on any atom is 0.252 e. The van der Waals surface area contributed by atoms with Crippen LogP contribution in [0.15, 0.2) is 18.2 Å². The van der Waals surface area contributed by atoms with Crippen LogP contribution in [-0.2, 0) is 4.74 Å². The van der Waals surface area contributed by atoms with Crippen LogP contribution in [-0.4, -0.2) is 25.7 Å². The van der Waals surface area contributed by atoms with Crippen LogP contribution in [0.25, 0.3) is 0 Å². The second-order valence-electron chi connectivity index (χ2n) is 4.31. The van der Waals surface area contributed by atoms with E-state index in [2.05, 4.69) is 12.2 Å². The third kappa shape index (κ3) is 5.94. The van der Waals surface area contributed by atoms with Crippen LogP contribution in [0.5, 0.6) is 0 Å². The normalized spacial score (nSPS) is 10.4. The van der Waals surface area contributed by atoms with Gasteiger partial charge in [0, 0.05) is 25.4 Å². The van der Waals surface area contributed by atoms with Crippen LogP contribution in [0.4, 0.5) is 5.69 Å². The fraction of sp³-hybridized carbons (Fsp3) is 0.500. The number of halogens is 1. The van der Waals surface area contributed by atoms with E-state index >= 15 is 0 Å². The zero-order valence-corrected chi connectivity index (χ0v) is 12.0. The van der Waals surface area contributed by atoms with Crippen molar-refractivity contribution >= 4 is 23.2 Å². The highest BCUT2D eigenvalue weighted by Gasteiger charge is 2.09. The largest absolute Gasteiger partial charge is 0.399 e. The molecule has 0 saturated carbocycles. The van der Waals surface area contributed by atoms with Crippen molar-refractivity contribution in [1.29, 1.82) is 0 Å². The first-order valence-electron chi connectivity index (χ1n) is 6.56. The topological polar surface area (TPSA) is 64.3 Å². The van der Waals surface area contributed by atoms with Crippen LogP contribution < -0.4 is 11.1 Å². The second kappa shape index (κ2) is 8.77. The lowest BCUT2D eigenvalue weighted by atomic mass is 10.2. The summed E-state index contributed by atoms with van der Waals surface area (Å²) in [5.41, 5.74) is 6.57. The molecule has 3 N–H and O–H groups in total. The SMILES string of the molecule is CCCCOCCCNC(=O)c1cc(N)ccc1Cl. The van der Waals surface area contributed by atoms with E-state index in [1.807, 2.05) is 0 Å². The summed E-state index contributed by atoms with van der Waals surface area (Å²) in [6.07, 6.45) is 2.99. The third-order valence-electron chi connectivity index (χ3n) is 2.63. The highest BCUT2D eigenvalue weighted by atomic mass is 35.5. The number of ether oxygens (including phenoxy) is 1. The van der Waals surface area contributed by atoms with Gasteiger partial charge in [-0.1, -0.05) is 24.9 Å². The van der Waals surface area contributed by atoms with Crippen molar-refractivity contribution in [2.45, 2.75) is 26.2 Å². The van der Waals surface area contributed by atoms with Gasteiger partial charge in [-0.25, -0.2) is 0 Å². The van der Waals surface area contributed by atoms with Gasteiger partial charge in [0.25, 0.3) is 5.91 Å². The van der Waals surface area contributed by atoms with Gasteiger partial charge in [-0.2, -0.15) is 0 Å². The molecule has 0 atom stereocenters. The molecule has 1 rings (SSSR count). The Labute approximate surface area is 119 Å². The van der Waals surface area contributed by atoms with E-state index < -0.39 is 0 Å². The Hall–Kier alpha value is -1.26. The van der Waals surface area contributed by atoms with E-state index in [1.54, 1.807) is 18.2 Å². The van der Waals surface area contributed by atoms with E-state index in [9.17, 15) is 4.79 Å². The molecule has 0 saturated heterocycles. The quantitative estimate of drug-likeness (QED) is 0.570. The van der Waals surface area contributed by atoms with Crippen LogP contribution in [0.1, 0.15) is 36.5 Å². The van der Waals surface area contributed by atoms with E-state index in [0.29, 0.717) is 29.4 Å². The minimum atomic E-state index is -0.203. The van der Waals surface area contributed by atoms with Crippen molar-refractivity contribution in [2.75, 3.05) is 25.5 Å². The Morgan fingerprint density at radius 1 is 1.37 bits per heavy atom. The molecule has 0 aromatic heterocycles. The summed E-state index contributed by atoms with van der Waals surface area (Å²) >= 11 is 5.95. The molecule has 4 nitrogen and oxygen atoms in total. The number of benzene rings is 1. The number of nitrogen functional groups attached to an aromatic ring is 1. The molecule has 1 aromatic rings. The maximum absolute atomic E-state index is 11.9. The van der Waals surface area contributed by atoms with Crippen LogP contribution in [0.3, 0.4) is 0 Å². The molecule has 0 aliphatic heterocycles. The number of hydrogen-bond acceptors (Lipinski definition) is 3. The van der Waals surface area contributed by atoms with E-state index in [0.717, 1.165) is 25.9 Å². The van der Waals surface area contributed by atoms with E-state index in [-0.39, 0.29) is 5.91 Å². The van der Waals surface area contributed by atoms with Gasteiger partial charge in [0.1, 0.15) is 0 Å². The first-order chi connectivity index (χ1) is 9.15. The smallest absolute Gasteiger partial charge is 0.252 e. The Morgan fingerprint density at radius 3 is 2.84 bits per heavy atom. The number of hydrogen-bond donors (Lipinski definition) is 2. The average molecular weight is 285 g/mol. The van der Waals surface area contributed by atoms with Crippen molar-refractivity contribution < 1.29 is 9.53 Å². The molecule has 5 heteroatoms. The highest BCUT2D eigenvalue weighted by Crippen LogP contribution is 2.18. The Morgan fingerprint density at radius 2 is 2.11 bits per heavy atom.